The Morgan fingerprint density at radius 3 is 1.72 bits per heavy atom. The summed E-state index contributed by atoms with van der Waals surface area (Å²) >= 11 is 0. The molecule has 0 saturated heterocycles. The van der Waals surface area contributed by atoms with Crippen molar-refractivity contribution in [3.63, 3.8) is 0 Å². The Balaban J connectivity index is 2.69. The molecule has 1 heteroatoms. The molecule has 1 nitrogen and oxygen atoms in total. The summed E-state index contributed by atoms with van der Waals surface area (Å²) in [5.74, 6) is 0.984. The molecular weight excluding hydrogens is 218 g/mol. The zero-order valence-corrected chi connectivity index (χ0v) is 11.6. The van der Waals surface area contributed by atoms with E-state index < -0.39 is 0 Å². The minimum Gasteiger partial charge on any atom is -0.264 e. The summed E-state index contributed by atoms with van der Waals surface area (Å²) < 4.78 is 0. The minimum absolute atomic E-state index is 0.492. The second kappa shape index (κ2) is 5.34. The maximum Gasteiger partial charge on any atom is 0.0308 e. The molecule has 0 saturated carbocycles. The molecular formula is C17H21N. The molecule has 0 atom stereocenters. The summed E-state index contributed by atoms with van der Waals surface area (Å²) in [5, 5.41) is 0. The number of benzene rings is 1. The topological polar surface area (TPSA) is 12.9 Å². The Morgan fingerprint density at radius 1 is 0.778 bits per heavy atom. The number of pyridine rings is 1. The third kappa shape index (κ3) is 2.45. The van der Waals surface area contributed by atoms with Crippen LogP contribution in [0.2, 0.25) is 0 Å². The smallest absolute Gasteiger partial charge is 0.0308 e. The van der Waals surface area contributed by atoms with E-state index in [9.17, 15) is 0 Å². The average Bonchev–Trinajstić information content (AvgIpc) is 2.38. The number of aromatic nitrogens is 1. The van der Waals surface area contributed by atoms with Crippen molar-refractivity contribution in [1.29, 1.82) is 0 Å². The Hall–Kier alpha value is -1.63. The van der Waals surface area contributed by atoms with Crippen LogP contribution in [0.15, 0.2) is 42.7 Å². The summed E-state index contributed by atoms with van der Waals surface area (Å²) in [5.41, 5.74) is 5.35. The van der Waals surface area contributed by atoms with Gasteiger partial charge in [-0.05, 0) is 34.1 Å². The minimum atomic E-state index is 0.492. The lowest BCUT2D eigenvalue weighted by molar-refractivity contribution is 0.824. The van der Waals surface area contributed by atoms with Gasteiger partial charge in [-0.2, -0.15) is 0 Å². The monoisotopic (exact) mass is 239 g/mol. The van der Waals surface area contributed by atoms with Crippen LogP contribution < -0.4 is 0 Å². The van der Waals surface area contributed by atoms with E-state index in [1.165, 1.54) is 22.3 Å². The lowest BCUT2D eigenvalue weighted by Crippen LogP contribution is -2.01. The highest BCUT2D eigenvalue weighted by Crippen LogP contribution is 2.34. The highest BCUT2D eigenvalue weighted by molar-refractivity contribution is 5.71. The van der Waals surface area contributed by atoms with Crippen LogP contribution in [0.1, 0.15) is 50.7 Å². The van der Waals surface area contributed by atoms with Crippen molar-refractivity contribution >= 4 is 0 Å². The molecule has 0 aliphatic heterocycles. The Bertz CT molecular complexity index is 486. The maximum atomic E-state index is 4.41. The van der Waals surface area contributed by atoms with Gasteiger partial charge in [0.2, 0.25) is 0 Å². The maximum absolute atomic E-state index is 4.41. The molecule has 0 aliphatic rings. The van der Waals surface area contributed by atoms with Crippen LogP contribution >= 0.6 is 0 Å². The van der Waals surface area contributed by atoms with E-state index in [4.69, 9.17) is 0 Å². The number of hydrogen-bond donors (Lipinski definition) is 0. The van der Waals surface area contributed by atoms with Crippen molar-refractivity contribution in [3.05, 3.63) is 53.9 Å². The predicted octanol–water partition coefficient (Wildman–Crippen LogP) is 5.00. The molecule has 1 aromatic heterocycles. The third-order valence-corrected chi connectivity index (χ3v) is 3.31. The van der Waals surface area contributed by atoms with Crippen molar-refractivity contribution in [2.45, 2.75) is 39.5 Å². The Kier molecular flexibility index (Phi) is 3.81. The van der Waals surface area contributed by atoms with E-state index in [1.807, 2.05) is 12.4 Å². The van der Waals surface area contributed by atoms with Gasteiger partial charge in [0, 0.05) is 12.4 Å². The third-order valence-electron chi connectivity index (χ3n) is 3.31. The van der Waals surface area contributed by atoms with Gasteiger partial charge in [-0.3, -0.25) is 4.98 Å². The summed E-state index contributed by atoms with van der Waals surface area (Å²) in [6, 6.07) is 10.6. The average molecular weight is 239 g/mol. The lowest BCUT2D eigenvalue weighted by Gasteiger charge is -2.19. The largest absolute Gasteiger partial charge is 0.264 e. The molecule has 2 aromatic rings. The first kappa shape index (κ1) is 12.8. The molecule has 0 aliphatic carbocycles. The van der Waals surface area contributed by atoms with Crippen molar-refractivity contribution in [3.8, 4) is 11.1 Å². The van der Waals surface area contributed by atoms with Crippen molar-refractivity contribution in [2.24, 2.45) is 0 Å². The van der Waals surface area contributed by atoms with Crippen LogP contribution in [0.5, 0.6) is 0 Å². The number of rotatable bonds is 3. The van der Waals surface area contributed by atoms with E-state index >= 15 is 0 Å². The normalized spacial score (nSPS) is 11.2. The first-order valence-electron chi connectivity index (χ1n) is 6.64. The van der Waals surface area contributed by atoms with E-state index in [0.717, 1.165) is 0 Å². The first-order valence-corrected chi connectivity index (χ1v) is 6.64. The van der Waals surface area contributed by atoms with Crippen LogP contribution in [0.3, 0.4) is 0 Å². The summed E-state index contributed by atoms with van der Waals surface area (Å²) in [4.78, 5) is 4.41. The second-order valence-electron chi connectivity index (χ2n) is 5.37. The molecule has 1 heterocycles. The molecule has 18 heavy (non-hydrogen) atoms. The van der Waals surface area contributed by atoms with E-state index in [2.05, 4.69) is 63.0 Å². The van der Waals surface area contributed by atoms with Crippen LogP contribution in [0, 0.1) is 0 Å². The van der Waals surface area contributed by atoms with Crippen LogP contribution in [0.4, 0.5) is 0 Å². The molecule has 0 spiro atoms. The molecule has 0 amide bonds. The predicted molar refractivity (Wildman–Crippen MR) is 77.9 cm³/mol. The van der Waals surface area contributed by atoms with Gasteiger partial charge in [-0.25, -0.2) is 0 Å². The van der Waals surface area contributed by atoms with Gasteiger partial charge in [0.1, 0.15) is 0 Å². The van der Waals surface area contributed by atoms with Gasteiger partial charge in [0.15, 0.2) is 0 Å². The van der Waals surface area contributed by atoms with Gasteiger partial charge in [-0.15, -0.1) is 0 Å². The number of nitrogens with zero attached hydrogens (tertiary/aromatic N) is 1. The van der Waals surface area contributed by atoms with Crippen LogP contribution in [-0.4, -0.2) is 4.98 Å². The fourth-order valence-electron chi connectivity index (χ4n) is 2.31. The summed E-state index contributed by atoms with van der Waals surface area (Å²) in [6.45, 7) is 8.92. The molecule has 0 N–H and O–H groups in total. The second-order valence-corrected chi connectivity index (χ2v) is 5.37. The van der Waals surface area contributed by atoms with E-state index in [1.54, 1.807) is 0 Å². The van der Waals surface area contributed by atoms with Gasteiger partial charge in [-0.1, -0.05) is 58.0 Å². The fourth-order valence-corrected chi connectivity index (χ4v) is 2.31. The van der Waals surface area contributed by atoms with Crippen molar-refractivity contribution in [2.75, 3.05) is 0 Å². The standard InChI is InChI=1S/C17H21N/c1-12(2)15-10-18-11-16(13(3)4)17(15)14-8-6-5-7-9-14/h5-13H,1-4H3. The van der Waals surface area contributed by atoms with E-state index in [-0.39, 0.29) is 0 Å². The molecule has 0 unspecified atom stereocenters. The molecule has 0 radical (unpaired) electrons. The molecule has 2 rings (SSSR count). The van der Waals surface area contributed by atoms with Crippen molar-refractivity contribution in [1.82, 2.24) is 4.98 Å². The highest BCUT2D eigenvalue weighted by Gasteiger charge is 2.15. The highest BCUT2D eigenvalue weighted by atomic mass is 14.6. The first-order chi connectivity index (χ1) is 8.61. The van der Waals surface area contributed by atoms with Gasteiger partial charge < -0.3 is 0 Å². The molecule has 1 aromatic carbocycles. The zero-order chi connectivity index (χ0) is 13.1. The Morgan fingerprint density at radius 2 is 1.28 bits per heavy atom. The lowest BCUT2D eigenvalue weighted by atomic mass is 9.87. The van der Waals surface area contributed by atoms with Crippen LogP contribution in [0.25, 0.3) is 11.1 Å². The quantitative estimate of drug-likeness (QED) is 0.735. The number of hydrogen-bond acceptors (Lipinski definition) is 1. The molecule has 0 fully saturated rings. The van der Waals surface area contributed by atoms with E-state index in [0.29, 0.717) is 11.8 Å². The van der Waals surface area contributed by atoms with Crippen LogP contribution in [-0.2, 0) is 0 Å². The molecule has 94 valence electrons. The summed E-state index contributed by atoms with van der Waals surface area (Å²) in [6.07, 6.45) is 4.03. The zero-order valence-electron chi connectivity index (χ0n) is 11.6. The van der Waals surface area contributed by atoms with Gasteiger partial charge in [0.25, 0.3) is 0 Å². The van der Waals surface area contributed by atoms with Gasteiger partial charge in [0.05, 0.1) is 0 Å². The molecule has 0 bridgehead atoms. The fraction of sp³-hybridized carbons (Fsp3) is 0.353. The van der Waals surface area contributed by atoms with Crippen molar-refractivity contribution < 1.29 is 0 Å². The Labute approximate surface area is 110 Å². The van der Waals surface area contributed by atoms with Gasteiger partial charge >= 0.3 is 0 Å². The summed E-state index contributed by atoms with van der Waals surface area (Å²) in [7, 11) is 0. The SMILES string of the molecule is CC(C)c1cncc(C(C)C)c1-c1ccccc1.